The Morgan fingerprint density at radius 1 is 1.56 bits per heavy atom. The van der Waals surface area contributed by atoms with Crippen molar-refractivity contribution in [3.63, 3.8) is 0 Å². The molecule has 0 amide bonds. The van der Waals surface area contributed by atoms with Gasteiger partial charge < -0.3 is 5.32 Å². The lowest BCUT2D eigenvalue weighted by Gasteiger charge is -2.26. The summed E-state index contributed by atoms with van der Waals surface area (Å²) in [5, 5.41) is 8.84. The van der Waals surface area contributed by atoms with Crippen LogP contribution < -0.4 is 5.32 Å². The molecule has 1 heterocycles. The summed E-state index contributed by atoms with van der Waals surface area (Å²) in [7, 11) is 0. The van der Waals surface area contributed by atoms with Crippen LogP contribution in [0.25, 0.3) is 0 Å². The highest BCUT2D eigenvalue weighted by Gasteiger charge is 2.39. The first-order chi connectivity index (χ1) is 8.60. The van der Waals surface area contributed by atoms with E-state index in [1.165, 1.54) is 31.4 Å². The van der Waals surface area contributed by atoms with Crippen molar-refractivity contribution < 1.29 is 0 Å². The van der Waals surface area contributed by atoms with Gasteiger partial charge in [-0.3, -0.25) is 4.68 Å². The zero-order valence-electron chi connectivity index (χ0n) is 11.7. The van der Waals surface area contributed by atoms with Crippen LogP contribution in [0.4, 0.5) is 0 Å². The molecule has 1 aromatic heterocycles. The third kappa shape index (κ3) is 2.57. The Bertz CT molecular complexity index is 402. The van der Waals surface area contributed by atoms with Gasteiger partial charge in [-0.2, -0.15) is 5.10 Å². The Hall–Kier alpha value is -0.540. The second-order valence-electron chi connectivity index (χ2n) is 5.61. The molecule has 0 aliphatic heterocycles. The predicted molar refractivity (Wildman–Crippen MR) is 76.2 cm³/mol. The van der Waals surface area contributed by atoms with Gasteiger partial charge in [0.2, 0.25) is 0 Å². The summed E-state index contributed by atoms with van der Waals surface area (Å²) in [6.07, 6.45) is 6.58. The molecular formula is C14H24ClN3. The minimum absolute atomic E-state index is 0.176. The van der Waals surface area contributed by atoms with Gasteiger partial charge in [-0.15, -0.1) is 0 Å². The number of halogens is 1. The molecule has 2 rings (SSSR count). The second kappa shape index (κ2) is 5.62. The Balaban J connectivity index is 2.15. The molecule has 1 fully saturated rings. The topological polar surface area (TPSA) is 29.9 Å². The Morgan fingerprint density at radius 3 is 3.00 bits per heavy atom. The normalized spacial score (nSPS) is 27.9. The SMILES string of the molecule is CCCNC1CCC(C)(c2c(Cl)cnn2CC)C1. The van der Waals surface area contributed by atoms with E-state index in [-0.39, 0.29) is 5.41 Å². The molecule has 1 aliphatic carbocycles. The number of aryl methyl sites for hydroxylation is 1. The Labute approximate surface area is 115 Å². The third-order valence-electron chi connectivity index (χ3n) is 4.09. The molecule has 2 unspecified atom stereocenters. The van der Waals surface area contributed by atoms with Crippen molar-refractivity contribution in [3.05, 3.63) is 16.9 Å². The number of hydrogen-bond acceptors (Lipinski definition) is 2. The fourth-order valence-corrected chi connectivity index (χ4v) is 3.55. The summed E-state index contributed by atoms with van der Waals surface area (Å²) < 4.78 is 2.06. The first-order valence-corrected chi connectivity index (χ1v) is 7.43. The van der Waals surface area contributed by atoms with Crippen LogP contribution in [0.2, 0.25) is 5.02 Å². The molecule has 0 aromatic carbocycles. The molecule has 18 heavy (non-hydrogen) atoms. The Morgan fingerprint density at radius 2 is 2.33 bits per heavy atom. The molecule has 102 valence electrons. The van der Waals surface area contributed by atoms with Crippen LogP contribution in [0.1, 0.15) is 52.1 Å². The molecular weight excluding hydrogens is 246 g/mol. The summed E-state index contributed by atoms with van der Waals surface area (Å²) in [5.41, 5.74) is 1.40. The van der Waals surface area contributed by atoms with Crippen molar-refractivity contribution in [3.8, 4) is 0 Å². The lowest BCUT2D eigenvalue weighted by Crippen LogP contribution is -2.30. The quantitative estimate of drug-likeness (QED) is 0.888. The zero-order chi connectivity index (χ0) is 13.2. The lowest BCUT2D eigenvalue weighted by molar-refractivity contribution is 0.414. The highest BCUT2D eigenvalue weighted by Crippen LogP contribution is 2.43. The van der Waals surface area contributed by atoms with Gasteiger partial charge in [0.1, 0.15) is 0 Å². The van der Waals surface area contributed by atoms with E-state index < -0.39 is 0 Å². The van der Waals surface area contributed by atoms with E-state index >= 15 is 0 Å². The molecule has 3 nitrogen and oxygen atoms in total. The molecule has 0 saturated heterocycles. The average molecular weight is 270 g/mol. The number of nitrogens with zero attached hydrogens (tertiary/aromatic N) is 2. The van der Waals surface area contributed by atoms with Crippen molar-refractivity contribution in [2.45, 2.75) is 64.5 Å². The summed E-state index contributed by atoms with van der Waals surface area (Å²) in [5.74, 6) is 0. The maximum absolute atomic E-state index is 6.34. The first kappa shape index (κ1) is 13.9. The van der Waals surface area contributed by atoms with E-state index in [2.05, 4.69) is 35.9 Å². The number of nitrogens with one attached hydrogen (secondary N) is 1. The fraction of sp³-hybridized carbons (Fsp3) is 0.786. The van der Waals surface area contributed by atoms with Crippen molar-refractivity contribution in [2.24, 2.45) is 0 Å². The van der Waals surface area contributed by atoms with Gasteiger partial charge in [-0.05, 0) is 39.2 Å². The molecule has 2 atom stereocenters. The molecule has 0 bridgehead atoms. The summed E-state index contributed by atoms with van der Waals surface area (Å²) in [6.45, 7) is 8.67. The van der Waals surface area contributed by atoms with Gasteiger partial charge in [0.25, 0.3) is 0 Å². The Kier molecular flexibility index (Phi) is 4.33. The largest absolute Gasteiger partial charge is 0.314 e. The van der Waals surface area contributed by atoms with E-state index in [1.54, 1.807) is 6.20 Å². The third-order valence-corrected chi connectivity index (χ3v) is 4.37. The van der Waals surface area contributed by atoms with E-state index in [1.807, 2.05) is 0 Å². The lowest BCUT2D eigenvalue weighted by atomic mass is 9.84. The van der Waals surface area contributed by atoms with Crippen LogP contribution in [-0.4, -0.2) is 22.4 Å². The van der Waals surface area contributed by atoms with E-state index in [0.717, 1.165) is 18.1 Å². The molecule has 1 saturated carbocycles. The van der Waals surface area contributed by atoms with Crippen molar-refractivity contribution in [1.82, 2.24) is 15.1 Å². The van der Waals surface area contributed by atoms with Crippen molar-refractivity contribution >= 4 is 11.6 Å². The first-order valence-electron chi connectivity index (χ1n) is 7.06. The fourth-order valence-electron chi connectivity index (χ4n) is 3.18. The second-order valence-corrected chi connectivity index (χ2v) is 6.02. The van der Waals surface area contributed by atoms with Gasteiger partial charge in [0.15, 0.2) is 0 Å². The predicted octanol–water partition coefficient (Wildman–Crippen LogP) is 3.37. The van der Waals surface area contributed by atoms with Crippen LogP contribution in [0.3, 0.4) is 0 Å². The number of hydrogen-bond donors (Lipinski definition) is 1. The summed E-state index contributed by atoms with van der Waals surface area (Å²) >= 11 is 6.34. The number of aromatic nitrogens is 2. The van der Waals surface area contributed by atoms with Crippen LogP contribution in [0, 0.1) is 0 Å². The van der Waals surface area contributed by atoms with Gasteiger partial charge in [-0.25, -0.2) is 0 Å². The highest BCUT2D eigenvalue weighted by molar-refractivity contribution is 6.31. The molecule has 1 N–H and O–H groups in total. The van der Waals surface area contributed by atoms with Gasteiger partial charge >= 0.3 is 0 Å². The summed E-state index contributed by atoms with van der Waals surface area (Å²) in [6, 6.07) is 0.631. The van der Waals surface area contributed by atoms with Crippen LogP contribution in [-0.2, 0) is 12.0 Å². The standard InChI is InChI=1S/C14H24ClN3/c1-4-8-16-11-6-7-14(3,9-11)13-12(15)10-17-18(13)5-2/h10-11,16H,4-9H2,1-3H3. The minimum atomic E-state index is 0.176. The van der Waals surface area contributed by atoms with Gasteiger partial charge in [0, 0.05) is 18.0 Å². The maximum atomic E-state index is 6.34. The van der Waals surface area contributed by atoms with Crippen molar-refractivity contribution in [1.29, 1.82) is 0 Å². The van der Waals surface area contributed by atoms with Crippen LogP contribution in [0.5, 0.6) is 0 Å². The molecule has 4 heteroatoms. The van der Waals surface area contributed by atoms with Gasteiger partial charge in [-0.1, -0.05) is 25.4 Å². The molecule has 0 radical (unpaired) electrons. The number of rotatable bonds is 5. The van der Waals surface area contributed by atoms with Crippen LogP contribution >= 0.6 is 11.6 Å². The highest BCUT2D eigenvalue weighted by atomic mass is 35.5. The molecule has 0 spiro atoms. The van der Waals surface area contributed by atoms with E-state index in [4.69, 9.17) is 11.6 Å². The zero-order valence-corrected chi connectivity index (χ0v) is 12.4. The van der Waals surface area contributed by atoms with Crippen molar-refractivity contribution in [2.75, 3.05) is 6.54 Å². The summed E-state index contributed by atoms with van der Waals surface area (Å²) in [4.78, 5) is 0. The molecule has 1 aromatic rings. The minimum Gasteiger partial charge on any atom is -0.314 e. The molecule has 1 aliphatic rings. The van der Waals surface area contributed by atoms with Gasteiger partial charge in [0.05, 0.1) is 16.9 Å². The van der Waals surface area contributed by atoms with Crippen LogP contribution in [0.15, 0.2) is 6.20 Å². The van der Waals surface area contributed by atoms with E-state index in [9.17, 15) is 0 Å². The van der Waals surface area contributed by atoms with E-state index in [0.29, 0.717) is 6.04 Å². The average Bonchev–Trinajstić information content (AvgIpc) is 2.91. The smallest absolute Gasteiger partial charge is 0.0823 e. The maximum Gasteiger partial charge on any atom is 0.0823 e. The monoisotopic (exact) mass is 269 g/mol.